The second-order valence-corrected chi connectivity index (χ2v) is 5.29. The number of hydrogen-bond acceptors (Lipinski definition) is 2. The van der Waals surface area contributed by atoms with Crippen molar-refractivity contribution >= 4 is 22.7 Å². The number of methoxy groups -OCH3 is 1. The number of rotatable bonds is 4. The Morgan fingerprint density at radius 3 is 2.78 bits per heavy atom. The van der Waals surface area contributed by atoms with Crippen LogP contribution < -0.4 is 15.2 Å². The summed E-state index contributed by atoms with van der Waals surface area (Å²) >= 11 is 6.38. The summed E-state index contributed by atoms with van der Waals surface area (Å²) in [7, 11) is 1.62. The van der Waals surface area contributed by atoms with Crippen LogP contribution in [0.25, 0.3) is 11.1 Å². The van der Waals surface area contributed by atoms with Gasteiger partial charge in [-0.2, -0.15) is 0 Å². The van der Waals surface area contributed by atoms with Crippen LogP contribution in [0.4, 0.5) is 0 Å². The predicted octanol–water partition coefficient (Wildman–Crippen LogP) is 2.71. The molecule has 0 bridgehead atoms. The zero-order chi connectivity index (χ0) is 13.1. The molecule has 3 heteroatoms. The molecule has 98 valence electrons. The topological polar surface area (TPSA) is 18.5 Å². The number of fused-ring (bicyclic) bond motifs is 1. The molecule has 1 aromatic rings. The van der Waals surface area contributed by atoms with E-state index in [1.54, 1.807) is 7.11 Å². The van der Waals surface area contributed by atoms with Crippen molar-refractivity contribution in [2.45, 2.75) is 32.6 Å². The summed E-state index contributed by atoms with van der Waals surface area (Å²) < 4.78 is 10.5. The van der Waals surface area contributed by atoms with Gasteiger partial charge in [0.2, 0.25) is 0 Å². The fourth-order valence-electron chi connectivity index (χ4n) is 2.28. The Morgan fingerprint density at radius 2 is 2.11 bits per heavy atom. The number of ether oxygens (including phenoxy) is 2. The van der Waals surface area contributed by atoms with E-state index in [-0.39, 0.29) is 6.79 Å². The molecule has 0 aromatic heterocycles. The van der Waals surface area contributed by atoms with E-state index in [0.29, 0.717) is 5.92 Å². The molecule has 1 aliphatic carbocycles. The molecule has 0 amide bonds. The molecule has 0 saturated carbocycles. The molecule has 0 atom stereocenters. The fourth-order valence-corrected chi connectivity index (χ4v) is 2.61. The molecule has 0 radical (unpaired) electrons. The molecule has 1 aromatic carbocycles. The SMILES string of the molecule is COCOc1cc(C(C)C)c2c(c1)=CCCC=2Cl. The Bertz CT molecular complexity index is 546. The maximum atomic E-state index is 6.38. The van der Waals surface area contributed by atoms with Crippen molar-refractivity contribution in [3.05, 3.63) is 28.1 Å². The Morgan fingerprint density at radius 1 is 1.33 bits per heavy atom. The first kappa shape index (κ1) is 13.4. The second kappa shape index (κ2) is 5.77. The Hall–Kier alpha value is -0.990. The highest BCUT2D eigenvalue weighted by atomic mass is 35.5. The van der Waals surface area contributed by atoms with Gasteiger partial charge in [-0.1, -0.05) is 31.5 Å². The zero-order valence-corrected chi connectivity index (χ0v) is 11.9. The largest absolute Gasteiger partial charge is 0.468 e. The normalized spacial score (nSPS) is 14.4. The van der Waals surface area contributed by atoms with Gasteiger partial charge in [0.25, 0.3) is 0 Å². The van der Waals surface area contributed by atoms with Crippen LogP contribution in [0.3, 0.4) is 0 Å². The molecule has 0 saturated heterocycles. The highest BCUT2D eigenvalue weighted by Crippen LogP contribution is 2.20. The third kappa shape index (κ3) is 2.70. The summed E-state index contributed by atoms with van der Waals surface area (Å²) in [5.74, 6) is 1.27. The van der Waals surface area contributed by atoms with Crippen molar-refractivity contribution in [1.82, 2.24) is 0 Å². The standard InChI is InChI=1S/C15H19ClO2/c1-10(2)13-8-12(18-9-17-3)7-11-5-4-6-14(16)15(11)13/h5,7-8,10H,4,6,9H2,1-3H3. The van der Waals surface area contributed by atoms with Crippen LogP contribution in [0.1, 0.15) is 38.2 Å². The van der Waals surface area contributed by atoms with Gasteiger partial charge in [0.05, 0.1) is 0 Å². The minimum atomic E-state index is 0.272. The fraction of sp³-hybridized carbons (Fsp3) is 0.467. The van der Waals surface area contributed by atoms with E-state index in [1.165, 1.54) is 16.0 Å². The van der Waals surface area contributed by atoms with Gasteiger partial charge in [0.1, 0.15) is 5.75 Å². The van der Waals surface area contributed by atoms with E-state index in [2.05, 4.69) is 26.0 Å². The molecule has 0 heterocycles. The molecule has 0 N–H and O–H groups in total. The minimum absolute atomic E-state index is 0.272. The highest BCUT2D eigenvalue weighted by molar-refractivity contribution is 6.45. The van der Waals surface area contributed by atoms with Crippen molar-refractivity contribution in [3.8, 4) is 5.75 Å². The summed E-state index contributed by atoms with van der Waals surface area (Å²) in [5.41, 5.74) is 1.25. The molecule has 0 unspecified atom stereocenters. The molecular weight excluding hydrogens is 248 g/mol. The molecule has 0 spiro atoms. The van der Waals surface area contributed by atoms with Crippen molar-refractivity contribution in [3.63, 3.8) is 0 Å². The minimum Gasteiger partial charge on any atom is -0.468 e. The smallest absolute Gasteiger partial charge is 0.188 e. The lowest BCUT2D eigenvalue weighted by Gasteiger charge is -2.15. The summed E-state index contributed by atoms with van der Waals surface area (Å²) in [6.45, 7) is 4.62. The van der Waals surface area contributed by atoms with Gasteiger partial charge in [-0.15, -0.1) is 0 Å². The molecule has 2 nitrogen and oxygen atoms in total. The molecule has 2 rings (SSSR count). The van der Waals surface area contributed by atoms with E-state index in [4.69, 9.17) is 21.1 Å². The van der Waals surface area contributed by atoms with Crippen LogP contribution in [0.15, 0.2) is 12.1 Å². The Balaban J connectivity index is 2.60. The highest BCUT2D eigenvalue weighted by Gasteiger charge is 2.11. The van der Waals surface area contributed by atoms with Crippen LogP contribution in [-0.2, 0) is 4.74 Å². The Kier molecular flexibility index (Phi) is 4.31. The first-order valence-corrected chi connectivity index (χ1v) is 6.66. The number of hydrogen-bond donors (Lipinski definition) is 0. The van der Waals surface area contributed by atoms with Crippen LogP contribution in [0, 0.1) is 0 Å². The molecule has 0 aliphatic heterocycles. The summed E-state index contributed by atoms with van der Waals surface area (Å²) in [6.07, 6.45) is 4.16. The van der Waals surface area contributed by atoms with Gasteiger partial charge >= 0.3 is 0 Å². The van der Waals surface area contributed by atoms with Crippen LogP contribution in [0.2, 0.25) is 0 Å². The third-order valence-electron chi connectivity index (χ3n) is 3.14. The summed E-state index contributed by atoms with van der Waals surface area (Å²) in [4.78, 5) is 0. The maximum Gasteiger partial charge on any atom is 0.188 e. The average Bonchev–Trinajstić information content (AvgIpc) is 2.35. The summed E-state index contributed by atoms with van der Waals surface area (Å²) in [5, 5.41) is 3.35. The molecule has 18 heavy (non-hydrogen) atoms. The zero-order valence-electron chi connectivity index (χ0n) is 11.1. The van der Waals surface area contributed by atoms with Gasteiger partial charge in [-0.3, -0.25) is 0 Å². The van der Waals surface area contributed by atoms with Gasteiger partial charge in [0, 0.05) is 12.1 Å². The molecular formula is C15H19ClO2. The molecule has 0 fully saturated rings. The summed E-state index contributed by atoms with van der Waals surface area (Å²) in [6, 6.07) is 4.12. The van der Waals surface area contributed by atoms with Gasteiger partial charge in [0.15, 0.2) is 6.79 Å². The predicted molar refractivity (Wildman–Crippen MR) is 75.2 cm³/mol. The van der Waals surface area contributed by atoms with Crippen LogP contribution in [0.5, 0.6) is 5.75 Å². The van der Waals surface area contributed by atoms with Crippen molar-refractivity contribution < 1.29 is 9.47 Å². The lowest BCUT2D eigenvalue weighted by molar-refractivity contribution is 0.0510. The van der Waals surface area contributed by atoms with E-state index < -0.39 is 0 Å². The van der Waals surface area contributed by atoms with Crippen LogP contribution >= 0.6 is 11.6 Å². The lowest BCUT2D eigenvalue weighted by atomic mass is 9.95. The van der Waals surface area contributed by atoms with Gasteiger partial charge < -0.3 is 9.47 Å². The Labute approximate surface area is 113 Å². The maximum absolute atomic E-state index is 6.38. The number of halogens is 1. The van der Waals surface area contributed by atoms with Gasteiger partial charge in [-0.05, 0) is 46.9 Å². The first-order valence-electron chi connectivity index (χ1n) is 6.28. The van der Waals surface area contributed by atoms with E-state index in [1.807, 2.05) is 6.07 Å². The monoisotopic (exact) mass is 266 g/mol. The van der Waals surface area contributed by atoms with Crippen molar-refractivity contribution in [2.24, 2.45) is 0 Å². The van der Waals surface area contributed by atoms with Crippen molar-refractivity contribution in [1.29, 1.82) is 0 Å². The van der Waals surface area contributed by atoms with E-state index >= 15 is 0 Å². The number of benzene rings is 1. The van der Waals surface area contributed by atoms with Gasteiger partial charge in [-0.25, -0.2) is 0 Å². The lowest BCUT2D eigenvalue weighted by Crippen LogP contribution is -2.33. The molecule has 1 aliphatic rings. The van der Waals surface area contributed by atoms with E-state index in [0.717, 1.165) is 23.6 Å². The third-order valence-corrected chi connectivity index (χ3v) is 3.52. The first-order chi connectivity index (χ1) is 8.63. The van der Waals surface area contributed by atoms with E-state index in [9.17, 15) is 0 Å². The van der Waals surface area contributed by atoms with Crippen molar-refractivity contribution in [2.75, 3.05) is 13.9 Å². The quantitative estimate of drug-likeness (QED) is 0.780. The second-order valence-electron chi connectivity index (χ2n) is 4.83. The van der Waals surface area contributed by atoms with Crippen LogP contribution in [-0.4, -0.2) is 13.9 Å². The average molecular weight is 267 g/mol.